The minimum absolute atomic E-state index is 0.102. The highest BCUT2D eigenvalue weighted by atomic mass is 16.5. The lowest BCUT2D eigenvalue weighted by atomic mass is 9.87. The molecule has 1 heterocycles. The van der Waals surface area contributed by atoms with Crippen LogP contribution in [0, 0.1) is 0 Å². The van der Waals surface area contributed by atoms with Crippen LogP contribution in [0.2, 0.25) is 0 Å². The maximum absolute atomic E-state index is 13.7. The highest BCUT2D eigenvalue weighted by Crippen LogP contribution is 2.34. The number of primary amides is 1. The number of piperidine rings is 1. The molecular formula is C29H34N2O3. The Balaban J connectivity index is 1.61. The molecule has 0 aliphatic carbocycles. The largest absolute Gasteiger partial charge is 0.461 e. The Morgan fingerprint density at radius 3 is 2.50 bits per heavy atom. The third kappa shape index (κ3) is 5.41. The van der Waals surface area contributed by atoms with Crippen LogP contribution in [0.3, 0.4) is 0 Å². The SMILES string of the molecule is CCCCCC(C(=O)OC1CCN(C(N)=O)CC1c1ccccc1)c1cccc2ccccc12. The van der Waals surface area contributed by atoms with Gasteiger partial charge in [-0.05, 0) is 28.3 Å². The summed E-state index contributed by atoms with van der Waals surface area (Å²) in [6.45, 7) is 3.11. The number of carbonyl (C=O) groups is 2. The third-order valence-electron chi connectivity index (χ3n) is 6.94. The minimum Gasteiger partial charge on any atom is -0.461 e. The number of unbranched alkanes of at least 4 members (excludes halogenated alkanes) is 2. The number of benzene rings is 3. The molecule has 178 valence electrons. The van der Waals surface area contributed by atoms with Crippen LogP contribution in [0.15, 0.2) is 72.8 Å². The molecule has 34 heavy (non-hydrogen) atoms. The number of hydrogen-bond donors (Lipinski definition) is 1. The molecule has 0 spiro atoms. The molecule has 0 bridgehead atoms. The van der Waals surface area contributed by atoms with Gasteiger partial charge in [-0.25, -0.2) is 4.79 Å². The second-order valence-corrected chi connectivity index (χ2v) is 9.18. The summed E-state index contributed by atoms with van der Waals surface area (Å²) in [4.78, 5) is 27.2. The van der Waals surface area contributed by atoms with Gasteiger partial charge < -0.3 is 15.4 Å². The third-order valence-corrected chi connectivity index (χ3v) is 6.94. The van der Waals surface area contributed by atoms with Crippen molar-refractivity contribution in [3.05, 3.63) is 83.9 Å². The second kappa shape index (κ2) is 11.2. The van der Waals surface area contributed by atoms with Crippen LogP contribution >= 0.6 is 0 Å². The standard InChI is InChI=1S/C29H34N2O3/c1-2-3-5-16-25(24-17-10-14-21-13-8-9-15-23(21)24)28(32)34-27-18-19-31(29(30)33)20-26(27)22-11-6-4-7-12-22/h4,6-15,17,25-27H,2-3,5,16,18-20H2,1H3,(H2,30,33). The van der Waals surface area contributed by atoms with E-state index in [1.54, 1.807) is 4.90 Å². The average molecular weight is 459 g/mol. The Morgan fingerprint density at radius 2 is 1.74 bits per heavy atom. The molecule has 3 aromatic carbocycles. The number of carbonyl (C=O) groups excluding carboxylic acids is 2. The van der Waals surface area contributed by atoms with Gasteiger partial charge in [0, 0.05) is 25.4 Å². The molecule has 3 atom stereocenters. The monoisotopic (exact) mass is 458 g/mol. The molecule has 0 saturated carbocycles. The van der Waals surface area contributed by atoms with Crippen LogP contribution in [0.5, 0.6) is 0 Å². The Hall–Kier alpha value is -3.34. The molecule has 2 amide bonds. The van der Waals surface area contributed by atoms with E-state index in [1.165, 1.54) is 0 Å². The molecular weight excluding hydrogens is 424 g/mol. The van der Waals surface area contributed by atoms with Gasteiger partial charge in [-0.1, -0.05) is 99.0 Å². The zero-order valence-electron chi connectivity index (χ0n) is 19.9. The van der Waals surface area contributed by atoms with Crippen molar-refractivity contribution >= 4 is 22.8 Å². The van der Waals surface area contributed by atoms with Crippen molar-refractivity contribution in [3.63, 3.8) is 0 Å². The molecule has 1 aliphatic heterocycles. The Bertz CT molecular complexity index is 1110. The van der Waals surface area contributed by atoms with Gasteiger partial charge in [0.15, 0.2) is 0 Å². The highest BCUT2D eigenvalue weighted by molar-refractivity contribution is 5.91. The summed E-state index contributed by atoms with van der Waals surface area (Å²) in [5.74, 6) is -0.593. The first-order valence-corrected chi connectivity index (χ1v) is 12.4. The van der Waals surface area contributed by atoms with E-state index >= 15 is 0 Å². The van der Waals surface area contributed by atoms with E-state index in [1.807, 2.05) is 48.5 Å². The van der Waals surface area contributed by atoms with Gasteiger partial charge in [0.25, 0.3) is 0 Å². The number of likely N-dealkylation sites (tertiary alicyclic amines) is 1. The number of urea groups is 1. The van der Waals surface area contributed by atoms with Crippen LogP contribution in [0.25, 0.3) is 10.8 Å². The Morgan fingerprint density at radius 1 is 1.00 bits per heavy atom. The Labute approximate surface area is 201 Å². The summed E-state index contributed by atoms with van der Waals surface area (Å²) in [5, 5.41) is 2.23. The fraction of sp³-hybridized carbons (Fsp3) is 0.379. The zero-order chi connectivity index (χ0) is 23.9. The van der Waals surface area contributed by atoms with Crippen LogP contribution in [0.4, 0.5) is 4.79 Å². The maximum Gasteiger partial charge on any atom is 0.314 e. The summed E-state index contributed by atoms with van der Waals surface area (Å²) in [6, 6.07) is 23.9. The lowest BCUT2D eigenvalue weighted by Gasteiger charge is -2.38. The van der Waals surface area contributed by atoms with Crippen molar-refractivity contribution in [1.82, 2.24) is 4.90 Å². The van der Waals surface area contributed by atoms with E-state index in [4.69, 9.17) is 10.5 Å². The number of rotatable bonds is 8. The normalized spacial score (nSPS) is 19.0. The fourth-order valence-electron chi connectivity index (χ4n) is 5.08. The summed E-state index contributed by atoms with van der Waals surface area (Å²) in [6.07, 6.45) is 4.19. The summed E-state index contributed by atoms with van der Waals surface area (Å²) >= 11 is 0. The van der Waals surface area contributed by atoms with E-state index in [0.717, 1.165) is 47.6 Å². The smallest absolute Gasteiger partial charge is 0.314 e. The van der Waals surface area contributed by atoms with Crippen LogP contribution in [-0.4, -0.2) is 36.1 Å². The number of fused-ring (bicyclic) bond motifs is 1. The molecule has 5 nitrogen and oxygen atoms in total. The number of ether oxygens (including phenoxy) is 1. The van der Waals surface area contributed by atoms with E-state index < -0.39 is 6.03 Å². The van der Waals surface area contributed by atoms with Gasteiger partial charge >= 0.3 is 12.0 Å². The molecule has 1 saturated heterocycles. The quantitative estimate of drug-likeness (QED) is 0.333. The summed E-state index contributed by atoms with van der Waals surface area (Å²) < 4.78 is 6.26. The van der Waals surface area contributed by atoms with Crippen LogP contribution in [-0.2, 0) is 9.53 Å². The van der Waals surface area contributed by atoms with Crippen LogP contribution in [0.1, 0.15) is 62.0 Å². The average Bonchev–Trinajstić information content (AvgIpc) is 2.87. The van der Waals surface area contributed by atoms with E-state index in [2.05, 4.69) is 31.2 Å². The number of esters is 1. The first kappa shape index (κ1) is 23.8. The van der Waals surface area contributed by atoms with Crippen molar-refractivity contribution < 1.29 is 14.3 Å². The lowest BCUT2D eigenvalue weighted by molar-refractivity contribution is -0.154. The summed E-state index contributed by atoms with van der Waals surface area (Å²) in [7, 11) is 0. The molecule has 5 heteroatoms. The molecule has 3 unspecified atom stereocenters. The van der Waals surface area contributed by atoms with Gasteiger partial charge in [0.1, 0.15) is 6.10 Å². The molecule has 0 aromatic heterocycles. The first-order valence-electron chi connectivity index (χ1n) is 12.4. The van der Waals surface area contributed by atoms with Gasteiger partial charge in [-0.2, -0.15) is 0 Å². The predicted octanol–water partition coefficient (Wildman–Crippen LogP) is 5.98. The molecule has 1 aliphatic rings. The van der Waals surface area contributed by atoms with E-state index in [0.29, 0.717) is 19.5 Å². The second-order valence-electron chi connectivity index (χ2n) is 9.18. The van der Waals surface area contributed by atoms with Crippen molar-refractivity contribution in [2.45, 2.75) is 57.0 Å². The first-order chi connectivity index (χ1) is 16.6. The molecule has 2 N–H and O–H groups in total. The predicted molar refractivity (Wildman–Crippen MR) is 136 cm³/mol. The summed E-state index contributed by atoms with van der Waals surface area (Å²) in [5.41, 5.74) is 7.67. The van der Waals surface area contributed by atoms with Gasteiger partial charge in [-0.3, -0.25) is 4.79 Å². The molecule has 1 fully saturated rings. The van der Waals surface area contributed by atoms with Crippen molar-refractivity contribution in [3.8, 4) is 0 Å². The molecule has 0 radical (unpaired) electrons. The fourth-order valence-corrected chi connectivity index (χ4v) is 5.08. The molecule has 4 rings (SSSR count). The van der Waals surface area contributed by atoms with Gasteiger partial charge in [0.05, 0.1) is 5.92 Å². The number of amides is 2. The van der Waals surface area contributed by atoms with E-state index in [-0.39, 0.29) is 23.9 Å². The van der Waals surface area contributed by atoms with Crippen LogP contribution < -0.4 is 5.73 Å². The van der Waals surface area contributed by atoms with E-state index in [9.17, 15) is 9.59 Å². The van der Waals surface area contributed by atoms with Gasteiger partial charge in [-0.15, -0.1) is 0 Å². The topological polar surface area (TPSA) is 72.6 Å². The Kier molecular flexibility index (Phi) is 7.84. The zero-order valence-corrected chi connectivity index (χ0v) is 19.9. The van der Waals surface area contributed by atoms with Crippen molar-refractivity contribution in [1.29, 1.82) is 0 Å². The minimum atomic E-state index is -0.432. The number of hydrogen-bond acceptors (Lipinski definition) is 3. The lowest BCUT2D eigenvalue weighted by Crippen LogP contribution is -2.48. The maximum atomic E-state index is 13.7. The molecule has 3 aromatic rings. The van der Waals surface area contributed by atoms with Gasteiger partial charge in [0.2, 0.25) is 0 Å². The number of nitrogens with zero attached hydrogens (tertiary/aromatic N) is 1. The van der Waals surface area contributed by atoms with Crippen molar-refractivity contribution in [2.75, 3.05) is 13.1 Å². The highest BCUT2D eigenvalue weighted by Gasteiger charge is 2.36. The van der Waals surface area contributed by atoms with Crippen molar-refractivity contribution in [2.24, 2.45) is 5.73 Å². The number of nitrogens with two attached hydrogens (primary N) is 1.